The van der Waals surface area contributed by atoms with Gasteiger partial charge in [0.15, 0.2) is 0 Å². The summed E-state index contributed by atoms with van der Waals surface area (Å²) in [6.07, 6.45) is 1.49. The van der Waals surface area contributed by atoms with Gasteiger partial charge in [-0.2, -0.15) is 0 Å². The Labute approximate surface area is 112 Å². The number of pyridine rings is 1. The molecule has 0 unspecified atom stereocenters. The number of carbonyl (C=O) groups excluding carboxylic acids is 1. The molecule has 2 N–H and O–H groups in total. The molecule has 2 aromatic rings. The van der Waals surface area contributed by atoms with Gasteiger partial charge in [-0.15, -0.1) is 0 Å². The molecule has 0 aliphatic heterocycles. The lowest BCUT2D eigenvalue weighted by molar-refractivity contribution is 0.102. The van der Waals surface area contributed by atoms with Crippen molar-refractivity contribution >= 4 is 27.5 Å². The zero-order valence-electron chi connectivity index (χ0n) is 9.66. The van der Waals surface area contributed by atoms with E-state index in [-0.39, 0.29) is 5.56 Å². The molecule has 1 aromatic heterocycles. The molecule has 1 amide bonds. The summed E-state index contributed by atoms with van der Waals surface area (Å²) in [5, 5.41) is 2.68. The van der Waals surface area contributed by atoms with Crippen LogP contribution < -0.4 is 10.9 Å². The minimum absolute atomic E-state index is 0.0918. The first-order valence-corrected chi connectivity index (χ1v) is 6.12. The maximum Gasteiger partial charge on any atom is 0.261 e. The minimum atomic E-state index is -0.424. The molecule has 0 radical (unpaired) electrons. The summed E-state index contributed by atoms with van der Waals surface area (Å²) in [6, 6.07) is 8.56. The predicted molar refractivity (Wildman–Crippen MR) is 73.9 cm³/mol. The van der Waals surface area contributed by atoms with Gasteiger partial charge < -0.3 is 10.3 Å². The number of benzene rings is 1. The van der Waals surface area contributed by atoms with Gasteiger partial charge in [0.05, 0.1) is 0 Å². The fourth-order valence-corrected chi connectivity index (χ4v) is 1.85. The number of H-pyrrole nitrogens is 1. The second-order valence-electron chi connectivity index (χ2n) is 3.83. The lowest BCUT2D eigenvalue weighted by atomic mass is 10.2. The van der Waals surface area contributed by atoms with Crippen molar-refractivity contribution in [2.45, 2.75) is 6.92 Å². The second kappa shape index (κ2) is 5.18. The van der Waals surface area contributed by atoms with Crippen LogP contribution in [0.5, 0.6) is 0 Å². The lowest BCUT2D eigenvalue weighted by Gasteiger charge is -2.06. The first kappa shape index (κ1) is 12.6. The quantitative estimate of drug-likeness (QED) is 0.896. The van der Waals surface area contributed by atoms with Gasteiger partial charge >= 0.3 is 0 Å². The maximum atomic E-state index is 11.9. The van der Waals surface area contributed by atoms with Gasteiger partial charge in [0.25, 0.3) is 11.5 Å². The van der Waals surface area contributed by atoms with Crippen LogP contribution in [0.2, 0.25) is 0 Å². The van der Waals surface area contributed by atoms with Crippen LogP contribution in [0.25, 0.3) is 0 Å². The molecule has 92 valence electrons. The average Bonchev–Trinajstić information content (AvgIpc) is 2.34. The summed E-state index contributed by atoms with van der Waals surface area (Å²) >= 11 is 3.39. The molecule has 0 atom stereocenters. The van der Waals surface area contributed by atoms with E-state index in [1.165, 1.54) is 12.3 Å². The van der Waals surface area contributed by atoms with Crippen molar-refractivity contribution in [3.63, 3.8) is 0 Å². The molecule has 4 nitrogen and oxygen atoms in total. The van der Waals surface area contributed by atoms with Gasteiger partial charge in [0, 0.05) is 16.4 Å². The van der Waals surface area contributed by atoms with Crippen molar-refractivity contribution in [3.05, 3.63) is 62.5 Å². The third-order valence-electron chi connectivity index (χ3n) is 2.49. The fourth-order valence-electron chi connectivity index (χ4n) is 1.47. The Morgan fingerprint density at radius 3 is 2.78 bits per heavy atom. The van der Waals surface area contributed by atoms with Crippen LogP contribution in [0.3, 0.4) is 0 Å². The number of anilines is 1. The zero-order chi connectivity index (χ0) is 13.1. The monoisotopic (exact) mass is 306 g/mol. The van der Waals surface area contributed by atoms with Gasteiger partial charge in [-0.3, -0.25) is 9.59 Å². The van der Waals surface area contributed by atoms with E-state index in [9.17, 15) is 9.59 Å². The molecule has 0 aliphatic rings. The van der Waals surface area contributed by atoms with Crippen molar-refractivity contribution in [1.82, 2.24) is 4.98 Å². The van der Waals surface area contributed by atoms with Crippen LogP contribution in [0, 0.1) is 6.92 Å². The van der Waals surface area contributed by atoms with E-state index in [0.29, 0.717) is 5.69 Å². The number of hydrogen-bond donors (Lipinski definition) is 2. The fraction of sp³-hybridized carbons (Fsp3) is 0.0769. The number of nitrogens with one attached hydrogen (secondary N) is 2. The van der Waals surface area contributed by atoms with Crippen LogP contribution in [-0.2, 0) is 0 Å². The number of rotatable bonds is 2. The van der Waals surface area contributed by atoms with Gasteiger partial charge in [0.2, 0.25) is 0 Å². The summed E-state index contributed by atoms with van der Waals surface area (Å²) < 4.78 is 0.905. The molecular formula is C13H11BrN2O2. The van der Waals surface area contributed by atoms with Crippen LogP contribution in [0.15, 0.2) is 45.8 Å². The van der Waals surface area contributed by atoms with Crippen molar-refractivity contribution in [2.24, 2.45) is 0 Å². The van der Waals surface area contributed by atoms with Crippen LogP contribution in [0.1, 0.15) is 15.9 Å². The molecule has 0 spiro atoms. The number of amides is 1. The van der Waals surface area contributed by atoms with Gasteiger partial charge in [-0.05, 0) is 36.8 Å². The molecule has 0 fully saturated rings. The van der Waals surface area contributed by atoms with Crippen LogP contribution >= 0.6 is 15.9 Å². The minimum Gasteiger partial charge on any atom is -0.328 e. The predicted octanol–water partition coefficient (Wildman–Crippen LogP) is 2.70. The normalized spacial score (nSPS) is 10.1. The Morgan fingerprint density at radius 2 is 2.11 bits per heavy atom. The first-order chi connectivity index (χ1) is 8.58. The largest absolute Gasteiger partial charge is 0.328 e. The molecule has 1 heterocycles. The average molecular weight is 307 g/mol. The van der Waals surface area contributed by atoms with Crippen molar-refractivity contribution in [1.29, 1.82) is 0 Å². The number of aromatic nitrogens is 1. The van der Waals surface area contributed by atoms with E-state index in [2.05, 4.69) is 26.2 Å². The van der Waals surface area contributed by atoms with Crippen molar-refractivity contribution < 1.29 is 4.79 Å². The summed E-state index contributed by atoms with van der Waals surface area (Å²) in [5.74, 6) is -0.424. The topological polar surface area (TPSA) is 62.0 Å². The SMILES string of the molecule is Cc1ccc(NC(=O)c2ccc[nH]c2=O)cc1Br. The molecule has 0 aliphatic carbocycles. The van der Waals surface area contributed by atoms with Crippen LogP contribution in [-0.4, -0.2) is 10.9 Å². The second-order valence-corrected chi connectivity index (χ2v) is 4.69. The molecule has 18 heavy (non-hydrogen) atoms. The van der Waals surface area contributed by atoms with E-state index >= 15 is 0 Å². The molecule has 0 saturated heterocycles. The summed E-state index contributed by atoms with van der Waals surface area (Å²) in [6.45, 7) is 1.96. The summed E-state index contributed by atoms with van der Waals surface area (Å²) in [4.78, 5) is 25.8. The smallest absolute Gasteiger partial charge is 0.261 e. The Morgan fingerprint density at radius 1 is 1.33 bits per heavy atom. The standard InChI is InChI=1S/C13H11BrN2O2/c1-8-4-5-9(7-11(8)14)16-13(18)10-3-2-6-15-12(10)17/h2-7H,1H3,(H,15,17)(H,16,18). The van der Waals surface area contributed by atoms with Gasteiger partial charge in [0.1, 0.15) is 5.56 Å². The molecule has 1 aromatic carbocycles. The van der Waals surface area contributed by atoms with Crippen LogP contribution in [0.4, 0.5) is 5.69 Å². The molecular weight excluding hydrogens is 296 g/mol. The first-order valence-electron chi connectivity index (χ1n) is 5.33. The van der Waals surface area contributed by atoms with Gasteiger partial charge in [-0.1, -0.05) is 22.0 Å². The number of hydrogen-bond acceptors (Lipinski definition) is 2. The number of halogens is 1. The Kier molecular flexibility index (Phi) is 3.62. The van der Waals surface area contributed by atoms with E-state index in [1.807, 2.05) is 13.0 Å². The molecule has 5 heteroatoms. The van der Waals surface area contributed by atoms with E-state index in [4.69, 9.17) is 0 Å². The molecule has 2 rings (SSSR count). The third-order valence-corrected chi connectivity index (χ3v) is 3.35. The Hall–Kier alpha value is -1.88. The lowest BCUT2D eigenvalue weighted by Crippen LogP contribution is -2.22. The number of aryl methyl sites for hydroxylation is 1. The highest BCUT2D eigenvalue weighted by molar-refractivity contribution is 9.10. The maximum absolute atomic E-state index is 11.9. The zero-order valence-corrected chi connectivity index (χ0v) is 11.2. The van der Waals surface area contributed by atoms with Crippen molar-refractivity contribution in [2.75, 3.05) is 5.32 Å². The van der Waals surface area contributed by atoms with E-state index < -0.39 is 11.5 Å². The van der Waals surface area contributed by atoms with Crippen molar-refractivity contribution in [3.8, 4) is 0 Å². The van der Waals surface area contributed by atoms with E-state index in [0.717, 1.165) is 10.0 Å². The Balaban J connectivity index is 2.24. The van der Waals surface area contributed by atoms with E-state index in [1.54, 1.807) is 18.2 Å². The summed E-state index contributed by atoms with van der Waals surface area (Å²) in [5.41, 5.74) is 1.40. The molecule has 0 saturated carbocycles. The highest BCUT2D eigenvalue weighted by Crippen LogP contribution is 2.20. The Bertz CT molecular complexity index is 649. The molecule has 0 bridgehead atoms. The van der Waals surface area contributed by atoms with Gasteiger partial charge in [-0.25, -0.2) is 0 Å². The third kappa shape index (κ3) is 2.68. The highest BCUT2D eigenvalue weighted by atomic mass is 79.9. The highest BCUT2D eigenvalue weighted by Gasteiger charge is 2.10. The summed E-state index contributed by atoms with van der Waals surface area (Å²) in [7, 11) is 0. The number of carbonyl (C=O) groups is 1. The number of aromatic amines is 1.